The van der Waals surface area contributed by atoms with Crippen molar-refractivity contribution in [2.75, 3.05) is 18.0 Å². The maximum atomic E-state index is 4.53. The third-order valence-electron chi connectivity index (χ3n) is 4.48. The highest BCUT2D eigenvalue weighted by molar-refractivity contribution is 9.10. The quantitative estimate of drug-likeness (QED) is 0.809. The van der Waals surface area contributed by atoms with Gasteiger partial charge in [0.2, 0.25) is 0 Å². The second kappa shape index (κ2) is 3.91. The van der Waals surface area contributed by atoms with Crippen LogP contribution in [0.25, 0.3) is 11.0 Å². The molecule has 100 valence electrons. The summed E-state index contributed by atoms with van der Waals surface area (Å²) in [6.45, 7) is 2.23. The summed E-state index contributed by atoms with van der Waals surface area (Å²) >= 11 is 3.54. The van der Waals surface area contributed by atoms with Gasteiger partial charge in [0, 0.05) is 20.1 Å². The average molecular weight is 322 g/mol. The lowest BCUT2D eigenvalue weighted by Gasteiger charge is -2.34. The largest absolute Gasteiger partial charge is 0.355 e. The fourth-order valence-electron chi connectivity index (χ4n) is 3.24. The van der Waals surface area contributed by atoms with Crippen LogP contribution >= 0.6 is 15.9 Å². The molecule has 5 nitrogen and oxygen atoms in total. The van der Waals surface area contributed by atoms with Gasteiger partial charge in [0.05, 0.1) is 5.39 Å². The number of hydrogen-bond donors (Lipinski definition) is 0. The predicted molar refractivity (Wildman–Crippen MR) is 77.1 cm³/mol. The van der Waals surface area contributed by atoms with E-state index in [9.17, 15) is 0 Å². The molecule has 4 rings (SSSR count). The van der Waals surface area contributed by atoms with Gasteiger partial charge in [0.15, 0.2) is 5.65 Å². The number of piperidine rings is 1. The molecule has 0 aromatic carbocycles. The standard InChI is InChI=1S/C13H16BrN5/c1-18-11-9(10(14)17-18)12(16-8-15-11)19-6-2-3-13(7-19)4-5-13/h8H,2-7H2,1H3. The monoisotopic (exact) mass is 321 g/mol. The molecule has 3 heterocycles. The number of nitrogens with zero attached hydrogens (tertiary/aromatic N) is 5. The summed E-state index contributed by atoms with van der Waals surface area (Å²) in [5.41, 5.74) is 1.48. The summed E-state index contributed by atoms with van der Waals surface area (Å²) in [6, 6.07) is 0. The van der Waals surface area contributed by atoms with E-state index in [0.29, 0.717) is 5.41 Å². The van der Waals surface area contributed by atoms with Gasteiger partial charge in [0.1, 0.15) is 16.7 Å². The zero-order valence-corrected chi connectivity index (χ0v) is 12.5. The Morgan fingerprint density at radius 1 is 1.26 bits per heavy atom. The molecule has 6 heteroatoms. The first kappa shape index (κ1) is 11.6. The number of fused-ring (bicyclic) bond motifs is 1. The van der Waals surface area contributed by atoms with E-state index in [4.69, 9.17) is 0 Å². The van der Waals surface area contributed by atoms with E-state index in [2.05, 4.69) is 35.9 Å². The van der Waals surface area contributed by atoms with E-state index in [1.807, 2.05) is 7.05 Å². The van der Waals surface area contributed by atoms with Gasteiger partial charge in [-0.2, -0.15) is 5.10 Å². The topological polar surface area (TPSA) is 46.8 Å². The van der Waals surface area contributed by atoms with Gasteiger partial charge in [-0.05, 0) is 47.0 Å². The number of halogens is 1. The lowest BCUT2D eigenvalue weighted by molar-refractivity contribution is 0.394. The van der Waals surface area contributed by atoms with E-state index in [-0.39, 0.29) is 0 Å². The molecule has 0 bridgehead atoms. The highest BCUT2D eigenvalue weighted by Crippen LogP contribution is 2.52. The molecule has 2 aromatic heterocycles. The van der Waals surface area contributed by atoms with E-state index in [1.165, 1.54) is 25.7 Å². The van der Waals surface area contributed by atoms with Crippen molar-refractivity contribution in [3.05, 3.63) is 10.9 Å². The van der Waals surface area contributed by atoms with Crippen LogP contribution in [0.3, 0.4) is 0 Å². The molecule has 1 saturated carbocycles. The van der Waals surface area contributed by atoms with E-state index in [0.717, 1.165) is 34.5 Å². The van der Waals surface area contributed by atoms with Crippen molar-refractivity contribution in [3.8, 4) is 0 Å². The highest BCUT2D eigenvalue weighted by Gasteiger charge is 2.46. The molecule has 1 saturated heterocycles. The van der Waals surface area contributed by atoms with Crippen LogP contribution in [0.4, 0.5) is 5.82 Å². The smallest absolute Gasteiger partial charge is 0.164 e. The summed E-state index contributed by atoms with van der Waals surface area (Å²) in [6.07, 6.45) is 7.06. The number of anilines is 1. The molecule has 1 aliphatic heterocycles. The van der Waals surface area contributed by atoms with Crippen LogP contribution in [0.15, 0.2) is 10.9 Å². The molecule has 19 heavy (non-hydrogen) atoms. The van der Waals surface area contributed by atoms with E-state index in [1.54, 1.807) is 11.0 Å². The molecule has 2 aromatic rings. The van der Waals surface area contributed by atoms with Crippen LogP contribution in [0, 0.1) is 5.41 Å². The zero-order chi connectivity index (χ0) is 13.0. The Hall–Kier alpha value is -1.17. The fourth-order valence-corrected chi connectivity index (χ4v) is 3.83. The van der Waals surface area contributed by atoms with Crippen molar-refractivity contribution >= 4 is 32.8 Å². The van der Waals surface area contributed by atoms with Gasteiger partial charge < -0.3 is 4.90 Å². The third kappa shape index (κ3) is 1.76. The first-order valence-electron chi connectivity index (χ1n) is 6.77. The Kier molecular flexibility index (Phi) is 2.40. The average Bonchev–Trinajstić information content (AvgIpc) is 3.09. The van der Waals surface area contributed by atoms with Gasteiger partial charge >= 0.3 is 0 Å². The molecule has 0 atom stereocenters. The van der Waals surface area contributed by atoms with Crippen LogP contribution in [0.2, 0.25) is 0 Å². The first-order valence-corrected chi connectivity index (χ1v) is 7.56. The molecule has 0 amide bonds. The number of rotatable bonds is 1. The Labute approximate surface area is 120 Å². The highest BCUT2D eigenvalue weighted by atomic mass is 79.9. The summed E-state index contributed by atoms with van der Waals surface area (Å²) in [5, 5.41) is 5.45. The first-order chi connectivity index (χ1) is 9.19. The van der Waals surface area contributed by atoms with Crippen molar-refractivity contribution < 1.29 is 0 Å². The molecule has 2 aliphatic rings. The molecule has 1 aliphatic carbocycles. The minimum absolute atomic E-state index is 0.588. The fraction of sp³-hybridized carbons (Fsp3) is 0.615. The molecule has 0 radical (unpaired) electrons. The molecular formula is C13H16BrN5. The summed E-state index contributed by atoms with van der Waals surface area (Å²) in [7, 11) is 1.92. The van der Waals surface area contributed by atoms with Crippen LogP contribution < -0.4 is 4.90 Å². The summed E-state index contributed by atoms with van der Waals surface area (Å²) in [4.78, 5) is 11.3. The van der Waals surface area contributed by atoms with Crippen LogP contribution in [0.1, 0.15) is 25.7 Å². The third-order valence-corrected chi connectivity index (χ3v) is 5.03. The molecule has 1 spiro atoms. The Morgan fingerprint density at radius 2 is 2.11 bits per heavy atom. The molecular weight excluding hydrogens is 306 g/mol. The van der Waals surface area contributed by atoms with Crippen molar-refractivity contribution in [2.45, 2.75) is 25.7 Å². The van der Waals surface area contributed by atoms with E-state index >= 15 is 0 Å². The second-order valence-electron chi connectivity index (χ2n) is 5.84. The number of hydrogen-bond acceptors (Lipinski definition) is 4. The molecule has 2 fully saturated rings. The van der Waals surface area contributed by atoms with Crippen molar-refractivity contribution in [2.24, 2.45) is 12.5 Å². The summed E-state index contributed by atoms with van der Waals surface area (Å²) in [5.74, 6) is 1.04. The Bertz CT molecular complexity index is 646. The van der Waals surface area contributed by atoms with Crippen LogP contribution in [0.5, 0.6) is 0 Å². The van der Waals surface area contributed by atoms with E-state index < -0.39 is 0 Å². The van der Waals surface area contributed by atoms with Gasteiger partial charge in [0.25, 0.3) is 0 Å². The van der Waals surface area contributed by atoms with Gasteiger partial charge in [-0.25, -0.2) is 14.6 Å². The van der Waals surface area contributed by atoms with Crippen molar-refractivity contribution in [1.82, 2.24) is 19.7 Å². The summed E-state index contributed by atoms with van der Waals surface area (Å²) < 4.78 is 2.65. The Morgan fingerprint density at radius 3 is 2.89 bits per heavy atom. The Balaban J connectivity index is 1.82. The second-order valence-corrected chi connectivity index (χ2v) is 6.59. The maximum absolute atomic E-state index is 4.53. The molecule has 0 N–H and O–H groups in total. The van der Waals surface area contributed by atoms with Crippen molar-refractivity contribution in [1.29, 1.82) is 0 Å². The minimum atomic E-state index is 0.588. The van der Waals surface area contributed by atoms with Crippen LogP contribution in [-0.2, 0) is 7.05 Å². The number of aryl methyl sites for hydroxylation is 1. The van der Waals surface area contributed by atoms with Crippen LogP contribution in [-0.4, -0.2) is 32.8 Å². The predicted octanol–water partition coefficient (Wildman–Crippen LogP) is 2.51. The number of aromatic nitrogens is 4. The zero-order valence-electron chi connectivity index (χ0n) is 10.9. The SMILES string of the molecule is Cn1nc(Br)c2c(N3CCCC4(CC4)C3)ncnc21. The lowest BCUT2D eigenvalue weighted by Crippen LogP contribution is -2.37. The van der Waals surface area contributed by atoms with Gasteiger partial charge in [-0.3, -0.25) is 0 Å². The minimum Gasteiger partial charge on any atom is -0.355 e. The van der Waals surface area contributed by atoms with Crippen molar-refractivity contribution in [3.63, 3.8) is 0 Å². The normalized spacial score (nSPS) is 21.3. The van der Waals surface area contributed by atoms with Gasteiger partial charge in [-0.1, -0.05) is 0 Å². The van der Waals surface area contributed by atoms with Gasteiger partial charge in [-0.15, -0.1) is 0 Å². The maximum Gasteiger partial charge on any atom is 0.164 e. The molecule has 0 unspecified atom stereocenters. The lowest BCUT2D eigenvalue weighted by atomic mass is 9.95.